The number of sulfone groups is 1. The second-order valence-corrected chi connectivity index (χ2v) is 11.3. The molecule has 0 saturated heterocycles. The lowest BCUT2D eigenvalue weighted by Crippen LogP contribution is -2.28. The first-order valence-corrected chi connectivity index (χ1v) is 13.1. The van der Waals surface area contributed by atoms with E-state index in [1.807, 2.05) is 0 Å². The molecular weight excluding hydrogens is 620 g/mol. The molecule has 0 aliphatic rings. The van der Waals surface area contributed by atoms with E-state index in [9.17, 15) is 45.2 Å². The molecule has 0 bridgehead atoms. The van der Waals surface area contributed by atoms with Crippen molar-refractivity contribution in [3.63, 3.8) is 0 Å². The molecule has 0 radical (unpaired) electrons. The largest absolute Gasteiger partial charge is 0.277 e. The molecule has 0 aliphatic heterocycles. The van der Waals surface area contributed by atoms with Crippen LogP contribution >= 0.6 is 0 Å². The van der Waals surface area contributed by atoms with Crippen molar-refractivity contribution < 1.29 is 43.5 Å². The average Bonchev–Trinajstić information content (AvgIpc) is 3.33. The van der Waals surface area contributed by atoms with Crippen LogP contribution in [0, 0.1) is 67.3 Å². The minimum Gasteiger partial charge on any atom is -0.277 e. The fourth-order valence-electron chi connectivity index (χ4n) is 5.11. The molecule has 8 nitrogen and oxygen atoms in total. The van der Waals surface area contributed by atoms with E-state index in [1.54, 1.807) is 0 Å². The van der Waals surface area contributed by atoms with Gasteiger partial charge in [0.05, 0.1) is 21.5 Å². The van der Waals surface area contributed by atoms with Crippen LogP contribution in [0.5, 0.6) is 0 Å². The molecule has 17 heteroatoms. The van der Waals surface area contributed by atoms with Crippen molar-refractivity contribution >= 4 is 31.4 Å². The number of halogens is 8. The summed E-state index contributed by atoms with van der Waals surface area (Å²) in [6, 6.07) is 0. The highest BCUT2D eigenvalue weighted by Gasteiger charge is 2.41. The smallest absolute Gasteiger partial charge is 0.266 e. The number of aromatic nitrogens is 2. The molecule has 0 fully saturated rings. The molecule has 0 spiro atoms. The van der Waals surface area contributed by atoms with E-state index < -0.39 is 115 Å². The van der Waals surface area contributed by atoms with E-state index in [0.717, 1.165) is 20.9 Å². The maximum atomic E-state index is 15.4. The summed E-state index contributed by atoms with van der Waals surface area (Å²) in [6.07, 6.45) is 0. The van der Waals surface area contributed by atoms with Crippen molar-refractivity contribution in [1.82, 2.24) is 9.13 Å². The molecule has 3 aromatic carbocycles. The first-order chi connectivity index (χ1) is 19.8. The first-order valence-electron chi connectivity index (χ1n) is 11.6. The lowest BCUT2D eigenvalue weighted by Gasteiger charge is -2.14. The number of fused-ring (bicyclic) bond motifs is 2. The highest BCUT2D eigenvalue weighted by molar-refractivity contribution is 7.91. The third-order valence-corrected chi connectivity index (χ3v) is 9.07. The van der Waals surface area contributed by atoms with Crippen LogP contribution < -0.4 is 22.2 Å². The van der Waals surface area contributed by atoms with Gasteiger partial charge in [-0.25, -0.2) is 48.1 Å². The van der Waals surface area contributed by atoms with Crippen LogP contribution in [0.1, 0.15) is 16.7 Å². The van der Waals surface area contributed by atoms with E-state index in [0.29, 0.717) is 11.5 Å². The maximum Gasteiger partial charge on any atom is 0.266 e. The van der Waals surface area contributed by atoms with E-state index in [1.165, 1.54) is 0 Å². The van der Waals surface area contributed by atoms with Gasteiger partial charge in [-0.1, -0.05) is 0 Å². The summed E-state index contributed by atoms with van der Waals surface area (Å²) in [4.78, 5) is 46.4. The Morgan fingerprint density at radius 2 is 0.767 bits per heavy atom. The number of aryl methyl sites for hydroxylation is 2. The number of hydrogen-bond donors (Lipinski definition) is 0. The van der Waals surface area contributed by atoms with Crippen LogP contribution in [0.25, 0.3) is 27.2 Å². The molecule has 224 valence electrons. The molecule has 0 atom stereocenters. The predicted molar refractivity (Wildman–Crippen MR) is 133 cm³/mol. The topological polar surface area (TPSA) is 112 Å². The summed E-state index contributed by atoms with van der Waals surface area (Å²) in [5.74, 6) is -21.2. The second kappa shape index (κ2) is 9.16. The number of nitrogens with zero attached hydrogens (tertiary/aromatic N) is 2. The number of rotatable bonds is 3. The fourth-order valence-corrected chi connectivity index (χ4v) is 6.61. The number of benzene rings is 3. The Bertz CT molecular complexity index is 2330. The van der Waals surface area contributed by atoms with Gasteiger partial charge >= 0.3 is 0 Å². The molecule has 43 heavy (non-hydrogen) atoms. The van der Waals surface area contributed by atoms with Crippen LogP contribution in [0.15, 0.2) is 29.0 Å². The molecular formula is C26H12F8N2O6S. The number of hydrogen-bond acceptors (Lipinski definition) is 6. The van der Waals surface area contributed by atoms with Gasteiger partial charge in [0.15, 0.2) is 46.5 Å². The average molecular weight is 632 g/mol. The van der Waals surface area contributed by atoms with Gasteiger partial charge < -0.3 is 0 Å². The van der Waals surface area contributed by atoms with Gasteiger partial charge in [0.1, 0.15) is 15.5 Å². The summed E-state index contributed by atoms with van der Waals surface area (Å²) in [7, 11) is -5.35. The van der Waals surface area contributed by atoms with Crippen molar-refractivity contribution in [3.8, 4) is 5.69 Å². The highest BCUT2D eigenvalue weighted by atomic mass is 32.2. The Balaban J connectivity index is 1.92. The maximum absolute atomic E-state index is 15.4. The van der Waals surface area contributed by atoms with Gasteiger partial charge in [0, 0.05) is 12.6 Å². The summed E-state index contributed by atoms with van der Waals surface area (Å²) >= 11 is 0. The lowest BCUT2D eigenvalue weighted by atomic mass is 9.98. The van der Waals surface area contributed by atoms with E-state index in [4.69, 9.17) is 0 Å². The highest BCUT2D eigenvalue weighted by Crippen LogP contribution is 2.37. The zero-order valence-corrected chi connectivity index (χ0v) is 22.6. The molecule has 2 aromatic heterocycles. The molecule has 5 aromatic rings. The third kappa shape index (κ3) is 3.50. The van der Waals surface area contributed by atoms with Crippen molar-refractivity contribution in [2.45, 2.75) is 30.6 Å². The lowest BCUT2D eigenvalue weighted by molar-refractivity contribution is 0.401. The fraction of sp³-hybridized carbons (Fsp3) is 0.154. The standard InChI is InChI=1S/C26H12F8N2O6S/c1-5-8-9(24(38)35(4)23(8)37)6(2)11-10(5)25(39)36(26(11)40)20-14(29)18(33)22(19(34)15(20)30)43(41,42)21-16(31)12(27)7(3)13(28)17(21)32/h1-4H3. The molecule has 0 unspecified atom stereocenters. The molecule has 0 saturated carbocycles. The molecule has 0 aliphatic carbocycles. The minimum absolute atomic E-state index is 0.297. The van der Waals surface area contributed by atoms with Crippen LogP contribution in [0.2, 0.25) is 0 Å². The van der Waals surface area contributed by atoms with Crippen molar-refractivity contribution in [2.24, 2.45) is 7.05 Å². The molecule has 2 heterocycles. The summed E-state index contributed by atoms with van der Waals surface area (Å²) < 4.78 is 144. The van der Waals surface area contributed by atoms with Crippen molar-refractivity contribution in [3.05, 3.63) is 105 Å². The zero-order chi connectivity index (χ0) is 32.4. The van der Waals surface area contributed by atoms with Gasteiger partial charge in [-0.05, 0) is 31.9 Å². The van der Waals surface area contributed by atoms with E-state index in [-0.39, 0.29) is 21.9 Å². The summed E-state index contributed by atoms with van der Waals surface area (Å²) in [5, 5.41) is -1.98. The molecule has 0 N–H and O–H groups in total. The third-order valence-electron chi connectivity index (χ3n) is 7.27. The van der Waals surface area contributed by atoms with Gasteiger partial charge in [0.2, 0.25) is 9.84 Å². The second-order valence-electron chi connectivity index (χ2n) is 9.51. The van der Waals surface area contributed by atoms with Gasteiger partial charge in [0.25, 0.3) is 22.2 Å². The van der Waals surface area contributed by atoms with Gasteiger partial charge in [-0.3, -0.25) is 23.7 Å². The quantitative estimate of drug-likeness (QED) is 0.223. The predicted octanol–water partition coefficient (Wildman–Crippen LogP) is 3.31. The van der Waals surface area contributed by atoms with Crippen LogP contribution in [0.4, 0.5) is 35.1 Å². The van der Waals surface area contributed by atoms with Crippen molar-refractivity contribution in [2.75, 3.05) is 0 Å². The summed E-state index contributed by atoms with van der Waals surface area (Å²) in [5.41, 5.74) is -9.11. The monoisotopic (exact) mass is 632 g/mol. The Morgan fingerprint density at radius 1 is 0.465 bits per heavy atom. The Kier molecular flexibility index (Phi) is 6.35. The molecule has 5 rings (SSSR count). The Hall–Kier alpha value is -4.67. The molecule has 0 amide bonds. The minimum atomic E-state index is -6.46. The zero-order valence-electron chi connectivity index (χ0n) is 21.8. The summed E-state index contributed by atoms with van der Waals surface area (Å²) in [6.45, 7) is 2.72. The first kappa shape index (κ1) is 29.8. The van der Waals surface area contributed by atoms with E-state index in [2.05, 4.69) is 0 Å². The van der Waals surface area contributed by atoms with Crippen LogP contribution in [-0.4, -0.2) is 17.6 Å². The van der Waals surface area contributed by atoms with E-state index >= 15 is 17.6 Å². The Morgan fingerprint density at radius 3 is 1.12 bits per heavy atom. The van der Waals surface area contributed by atoms with Crippen LogP contribution in [0.3, 0.4) is 0 Å². The van der Waals surface area contributed by atoms with Gasteiger partial charge in [-0.2, -0.15) is 0 Å². The SMILES string of the molecule is Cc1c(F)c(F)c(S(=O)(=O)c2c(F)c(F)c(-n3c(=O)c4c(C)c5c(=O)n(C)c(=O)c5c(C)c4c3=O)c(F)c2F)c(F)c1F. The van der Waals surface area contributed by atoms with Crippen molar-refractivity contribution in [1.29, 1.82) is 0 Å². The van der Waals surface area contributed by atoms with Crippen LogP contribution in [-0.2, 0) is 16.9 Å². The normalized spacial score (nSPS) is 12.3. The Labute approximate surface area is 232 Å². The van der Waals surface area contributed by atoms with Gasteiger partial charge in [-0.15, -0.1) is 0 Å².